The monoisotopic (exact) mass is 354 g/mol. The lowest BCUT2D eigenvalue weighted by atomic mass is 10.9. The molecule has 8 nitrogen and oxygen atoms in total. The quantitative estimate of drug-likeness (QED) is 0.256. The van der Waals surface area contributed by atoms with E-state index in [4.69, 9.17) is 4.84 Å². The molecule has 0 aromatic carbocycles. The molecule has 0 aromatic rings. The zero-order valence-corrected chi connectivity index (χ0v) is 14.9. The van der Waals surface area contributed by atoms with Gasteiger partial charge in [0, 0.05) is 14.1 Å². The van der Waals surface area contributed by atoms with Crippen molar-refractivity contribution in [2.45, 2.75) is 6.92 Å². The zero-order valence-electron chi connectivity index (χ0n) is 12.4. The van der Waals surface area contributed by atoms with Gasteiger partial charge in [0.05, 0.1) is 17.2 Å². The van der Waals surface area contributed by atoms with Crippen LogP contribution in [0.2, 0.25) is 0 Å². The van der Waals surface area contributed by atoms with Gasteiger partial charge in [0.2, 0.25) is 0 Å². The second-order valence-electron chi connectivity index (χ2n) is 3.35. The lowest BCUT2D eigenvalue weighted by Crippen LogP contribution is -2.31. The second kappa shape index (κ2) is 10.5. The van der Waals surface area contributed by atoms with Gasteiger partial charge in [-0.2, -0.15) is 0 Å². The lowest BCUT2D eigenvalue weighted by Gasteiger charge is -2.20. The molecule has 0 atom stereocenters. The Hall–Kier alpha value is -1.20. The number of hydrogen-bond donors (Lipinski definition) is 1. The third-order valence-electron chi connectivity index (χ3n) is 1.81. The molecule has 0 saturated heterocycles. The van der Waals surface area contributed by atoms with Gasteiger partial charge in [-0.05, 0) is 19.4 Å². The molecule has 0 aliphatic heterocycles. The van der Waals surface area contributed by atoms with Crippen LogP contribution < -0.4 is 5.48 Å². The molecule has 0 aliphatic carbocycles. The molecule has 0 aliphatic rings. The Kier molecular flexibility index (Phi) is 9.91. The lowest BCUT2D eigenvalue weighted by molar-refractivity contribution is 0.0964. The maximum atomic E-state index is 11.6. The Morgan fingerprint density at radius 3 is 2.24 bits per heavy atom. The standard InChI is InChI=1S/C10H18N4O4S3/c1-7(19-5)11-17-9(15)13(3)21-14(4)10(16)18-12-8(2)20-6/h11H,1H2,2-6H3. The van der Waals surface area contributed by atoms with E-state index < -0.39 is 12.2 Å². The Balaban J connectivity index is 4.24. The minimum atomic E-state index is -0.713. The van der Waals surface area contributed by atoms with E-state index in [1.165, 1.54) is 37.6 Å². The van der Waals surface area contributed by atoms with Gasteiger partial charge in [-0.25, -0.2) is 23.7 Å². The molecule has 120 valence electrons. The molecule has 11 heteroatoms. The summed E-state index contributed by atoms with van der Waals surface area (Å²) in [6, 6.07) is 0. The van der Waals surface area contributed by atoms with Gasteiger partial charge in [0.1, 0.15) is 5.04 Å². The van der Waals surface area contributed by atoms with Crippen molar-refractivity contribution in [2.24, 2.45) is 5.16 Å². The van der Waals surface area contributed by atoms with Crippen molar-refractivity contribution >= 4 is 52.9 Å². The van der Waals surface area contributed by atoms with E-state index in [-0.39, 0.29) is 0 Å². The maximum Gasteiger partial charge on any atom is 0.447 e. The average Bonchev–Trinajstić information content (AvgIpc) is 2.48. The maximum absolute atomic E-state index is 11.6. The van der Waals surface area contributed by atoms with Gasteiger partial charge in [-0.1, -0.05) is 11.7 Å². The summed E-state index contributed by atoms with van der Waals surface area (Å²) in [4.78, 5) is 32.6. The normalized spacial score (nSPS) is 10.6. The van der Waals surface area contributed by atoms with Crippen molar-refractivity contribution in [3.8, 4) is 0 Å². The van der Waals surface area contributed by atoms with E-state index in [9.17, 15) is 9.59 Å². The molecule has 1 N–H and O–H groups in total. The van der Waals surface area contributed by atoms with Gasteiger partial charge in [0.15, 0.2) is 0 Å². The number of oxime groups is 1. The Morgan fingerprint density at radius 1 is 1.14 bits per heavy atom. The highest BCUT2D eigenvalue weighted by Gasteiger charge is 2.19. The van der Waals surface area contributed by atoms with Gasteiger partial charge in [0.25, 0.3) is 0 Å². The fourth-order valence-electron chi connectivity index (χ4n) is 0.655. The number of rotatable bonds is 6. The predicted molar refractivity (Wildman–Crippen MR) is 88.5 cm³/mol. The number of thioether (sulfide) groups is 2. The van der Waals surface area contributed by atoms with Crippen LogP contribution in [0, 0.1) is 0 Å². The first-order valence-electron chi connectivity index (χ1n) is 5.46. The summed E-state index contributed by atoms with van der Waals surface area (Å²) in [5.41, 5.74) is 2.37. The van der Waals surface area contributed by atoms with Crippen LogP contribution in [0.4, 0.5) is 9.59 Å². The molecular formula is C10H18N4O4S3. The van der Waals surface area contributed by atoms with Gasteiger partial charge in [-0.15, -0.1) is 23.5 Å². The van der Waals surface area contributed by atoms with Gasteiger partial charge >= 0.3 is 12.2 Å². The molecule has 0 fully saturated rings. The number of carbonyl (C=O) groups excluding carboxylic acids is 2. The summed E-state index contributed by atoms with van der Waals surface area (Å²) in [5.74, 6) is 0. The Bertz CT molecular complexity index is 419. The van der Waals surface area contributed by atoms with E-state index in [1.54, 1.807) is 13.2 Å². The van der Waals surface area contributed by atoms with Crippen LogP contribution >= 0.6 is 35.7 Å². The molecule has 0 heterocycles. The highest BCUT2D eigenvalue weighted by molar-refractivity contribution is 8.13. The van der Waals surface area contributed by atoms with Crippen LogP contribution in [-0.4, -0.2) is 52.4 Å². The van der Waals surface area contributed by atoms with E-state index in [1.807, 2.05) is 6.26 Å². The number of nitrogens with one attached hydrogen (secondary N) is 1. The topological polar surface area (TPSA) is 83.5 Å². The van der Waals surface area contributed by atoms with E-state index >= 15 is 0 Å². The average molecular weight is 354 g/mol. The number of amides is 2. The third kappa shape index (κ3) is 8.63. The fraction of sp³-hybridized carbons (Fsp3) is 0.500. The van der Waals surface area contributed by atoms with Gasteiger partial charge in [-0.3, -0.25) is 4.84 Å². The van der Waals surface area contributed by atoms with Crippen LogP contribution in [0.25, 0.3) is 0 Å². The number of hydroxylamine groups is 1. The highest BCUT2D eigenvalue weighted by Crippen LogP contribution is 2.15. The molecule has 21 heavy (non-hydrogen) atoms. The smallest absolute Gasteiger partial charge is 0.323 e. The van der Waals surface area contributed by atoms with Crippen molar-refractivity contribution in [3.05, 3.63) is 11.6 Å². The van der Waals surface area contributed by atoms with Gasteiger partial charge < -0.3 is 4.84 Å². The molecule has 0 rings (SSSR count). The highest BCUT2D eigenvalue weighted by atomic mass is 32.2. The largest absolute Gasteiger partial charge is 0.447 e. The summed E-state index contributed by atoms with van der Waals surface area (Å²) >= 11 is 3.45. The molecular weight excluding hydrogens is 336 g/mol. The minimum absolute atomic E-state index is 0.483. The predicted octanol–water partition coefficient (Wildman–Crippen LogP) is 2.72. The molecule has 0 bridgehead atoms. The summed E-state index contributed by atoms with van der Waals surface area (Å²) in [5, 5.41) is 4.69. The number of nitrogens with zero attached hydrogens (tertiary/aromatic N) is 3. The Morgan fingerprint density at radius 2 is 1.71 bits per heavy atom. The number of carbonyl (C=O) groups is 2. The summed E-state index contributed by atoms with van der Waals surface area (Å²) in [7, 11) is 2.88. The van der Waals surface area contributed by atoms with Crippen molar-refractivity contribution in [3.63, 3.8) is 0 Å². The molecule has 0 radical (unpaired) electrons. The summed E-state index contributed by atoms with van der Waals surface area (Å²) in [6.07, 6.45) is 2.18. The van der Waals surface area contributed by atoms with E-state index in [0.29, 0.717) is 10.1 Å². The molecule has 2 amide bonds. The van der Waals surface area contributed by atoms with Crippen molar-refractivity contribution in [2.75, 3.05) is 26.6 Å². The zero-order chi connectivity index (χ0) is 16.4. The van der Waals surface area contributed by atoms with Crippen LogP contribution in [0.5, 0.6) is 0 Å². The first-order chi connectivity index (χ1) is 9.81. The first-order valence-corrected chi connectivity index (χ1v) is 8.64. The molecule has 0 unspecified atom stereocenters. The van der Waals surface area contributed by atoms with Crippen molar-refractivity contribution in [1.29, 1.82) is 0 Å². The molecule has 0 spiro atoms. The minimum Gasteiger partial charge on any atom is -0.323 e. The summed E-state index contributed by atoms with van der Waals surface area (Å²) < 4.78 is 2.20. The third-order valence-corrected chi connectivity index (χ3v) is 3.83. The van der Waals surface area contributed by atoms with E-state index in [0.717, 1.165) is 20.7 Å². The van der Waals surface area contributed by atoms with Crippen molar-refractivity contribution in [1.82, 2.24) is 14.1 Å². The van der Waals surface area contributed by atoms with Crippen LogP contribution in [0.3, 0.4) is 0 Å². The SMILES string of the molecule is C=C(NOC(=O)N(C)SN(C)C(=O)ON=C(C)SC)SC. The van der Waals surface area contributed by atoms with Crippen molar-refractivity contribution < 1.29 is 19.3 Å². The van der Waals surface area contributed by atoms with Crippen LogP contribution in [0.1, 0.15) is 6.92 Å². The first kappa shape index (κ1) is 19.8. The number of hydrogen-bond acceptors (Lipinski definition) is 9. The van der Waals surface area contributed by atoms with E-state index in [2.05, 4.69) is 22.1 Å². The second-order valence-corrected chi connectivity index (χ2v) is 6.50. The fourth-order valence-corrected chi connectivity index (χ4v) is 1.46. The molecule has 0 aromatic heterocycles. The van der Waals surface area contributed by atoms with Crippen LogP contribution in [-0.2, 0) is 9.68 Å². The van der Waals surface area contributed by atoms with Crippen LogP contribution in [0.15, 0.2) is 16.8 Å². The Labute approximate surface area is 136 Å². The summed E-state index contributed by atoms with van der Waals surface area (Å²) in [6.45, 7) is 5.30. The molecule has 0 saturated carbocycles.